The molecule has 0 atom stereocenters. The molecule has 0 aliphatic carbocycles. The van der Waals surface area contributed by atoms with Gasteiger partial charge in [-0.25, -0.2) is 4.98 Å². The van der Waals surface area contributed by atoms with Crippen molar-refractivity contribution in [1.82, 2.24) is 15.2 Å². The second kappa shape index (κ2) is 14.2. The summed E-state index contributed by atoms with van der Waals surface area (Å²) in [6.45, 7) is 1.63. The zero-order valence-corrected chi connectivity index (χ0v) is 25.7. The number of carbonyl (C=O) groups excluding carboxylic acids is 1. The number of fused-ring (bicyclic) bond motifs is 1. The molecule has 0 saturated carbocycles. The lowest BCUT2D eigenvalue weighted by Crippen LogP contribution is -2.26. The predicted octanol–water partition coefficient (Wildman–Crippen LogP) is 8.05. The maximum atomic E-state index is 13.4. The summed E-state index contributed by atoms with van der Waals surface area (Å²) >= 11 is 1.35. The van der Waals surface area contributed by atoms with Gasteiger partial charge in [-0.2, -0.15) is 13.2 Å². The number of rotatable bonds is 12. The fourth-order valence-corrected chi connectivity index (χ4v) is 6.38. The van der Waals surface area contributed by atoms with Crippen molar-refractivity contribution in [1.29, 1.82) is 0 Å². The van der Waals surface area contributed by atoms with Crippen LogP contribution in [0.5, 0.6) is 11.5 Å². The number of amides is 1. The molecule has 4 aromatic carbocycles. The first-order valence-corrected chi connectivity index (χ1v) is 15.8. The normalized spacial score (nSPS) is 12.5. The highest BCUT2D eigenvalue weighted by Crippen LogP contribution is 2.34. The molecular formula is C36H32F3N3O3S. The number of carbonyl (C=O) groups is 1. The fourth-order valence-electron chi connectivity index (χ4n) is 5.57. The lowest BCUT2D eigenvalue weighted by atomic mass is 9.88. The monoisotopic (exact) mass is 643 g/mol. The van der Waals surface area contributed by atoms with Gasteiger partial charge < -0.3 is 14.8 Å². The Kier molecular flexibility index (Phi) is 9.65. The highest BCUT2D eigenvalue weighted by Gasteiger charge is 2.30. The van der Waals surface area contributed by atoms with Gasteiger partial charge in [0.1, 0.15) is 10.7 Å². The third-order valence-electron chi connectivity index (χ3n) is 7.77. The van der Waals surface area contributed by atoms with E-state index in [1.54, 1.807) is 11.4 Å². The third-order valence-corrected chi connectivity index (χ3v) is 8.60. The summed E-state index contributed by atoms with van der Waals surface area (Å²) in [5, 5.41) is 5.43. The molecule has 6 nitrogen and oxygen atoms in total. The SMILES string of the molecule is O=C(NCCC(c1ccccc1)c1ccccc1)c1csc(CN(Cc2cccc(C(F)(F)F)c2)Cc2ccc3c(c2)OCO3)n1. The van der Waals surface area contributed by atoms with Crippen LogP contribution in [0.4, 0.5) is 13.2 Å². The molecule has 1 N–H and O–H groups in total. The molecule has 236 valence electrons. The molecule has 0 radical (unpaired) electrons. The molecule has 2 heterocycles. The number of benzene rings is 4. The number of nitrogens with zero attached hydrogens (tertiary/aromatic N) is 2. The van der Waals surface area contributed by atoms with Crippen molar-refractivity contribution in [2.75, 3.05) is 13.3 Å². The largest absolute Gasteiger partial charge is 0.454 e. The number of nitrogens with one attached hydrogen (secondary N) is 1. The fraction of sp³-hybridized carbons (Fsp3) is 0.222. The summed E-state index contributed by atoms with van der Waals surface area (Å²) in [5.74, 6) is 1.16. The highest BCUT2D eigenvalue weighted by molar-refractivity contribution is 7.09. The summed E-state index contributed by atoms with van der Waals surface area (Å²) in [4.78, 5) is 19.7. The third kappa shape index (κ3) is 7.94. The van der Waals surface area contributed by atoms with E-state index in [1.807, 2.05) is 59.5 Å². The van der Waals surface area contributed by atoms with Gasteiger partial charge in [-0.1, -0.05) is 84.9 Å². The lowest BCUT2D eigenvalue weighted by Gasteiger charge is -2.22. The summed E-state index contributed by atoms with van der Waals surface area (Å²) < 4.78 is 51.2. The second-order valence-corrected chi connectivity index (χ2v) is 12.0. The van der Waals surface area contributed by atoms with Crippen LogP contribution >= 0.6 is 11.3 Å². The van der Waals surface area contributed by atoms with E-state index in [4.69, 9.17) is 9.47 Å². The van der Waals surface area contributed by atoms with Crippen molar-refractivity contribution >= 4 is 17.2 Å². The van der Waals surface area contributed by atoms with Crippen molar-refractivity contribution in [2.45, 2.75) is 38.1 Å². The minimum absolute atomic E-state index is 0.134. The van der Waals surface area contributed by atoms with Crippen LogP contribution in [-0.2, 0) is 25.8 Å². The number of hydrogen-bond donors (Lipinski definition) is 1. The van der Waals surface area contributed by atoms with Crippen LogP contribution in [0.1, 0.15) is 55.7 Å². The summed E-state index contributed by atoms with van der Waals surface area (Å²) in [5.41, 5.74) is 3.43. The number of aromatic nitrogens is 1. The molecule has 0 bridgehead atoms. The van der Waals surface area contributed by atoms with Crippen LogP contribution in [0.3, 0.4) is 0 Å². The predicted molar refractivity (Wildman–Crippen MR) is 171 cm³/mol. The Balaban J connectivity index is 1.13. The minimum atomic E-state index is -4.43. The zero-order valence-electron chi connectivity index (χ0n) is 24.9. The molecule has 10 heteroatoms. The number of alkyl halides is 3. The summed E-state index contributed by atoms with van der Waals surface area (Å²) in [7, 11) is 0. The summed E-state index contributed by atoms with van der Waals surface area (Å²) in [6.07, 6.45) is -3.71. The van der Waals surface area contributed by atoms with E-state index in [1.165, 1.54) is 34.6 Å². The molecule has 6 rings (SSSR count). The van der Waals surface area contributed by atoms with Crippen LogP contribution in [0.15, 0.2) is 109 Å². The van der Waals surface area contributed by atoms with E-state index in [0.717, 1.165) is 18.1 Å². The first-order valence-electron chi connectivity index (χ1n) is 14.9. The molecule has 1 aliphatic heterocycles. The Morgan fingerprint density at radius 3 is 2.20 bits per heavy atom. The Bertz CT molecular complexity index is 1720. The Morgan fingerprint density at radius 1 is 0.826 bits per heavy atom. The Labute approximate surface area is 269 Å². The van der Waals surface area contributed by atoms with Crippen LogP contribution < -0.4 is 14.8 Å². The highest BCUT2D eigenvalue weighted by atomic mass is 32.1. The van der Waals surface area contributed by atoms with Crippen molar-refractivity contribution in [2.24, 2.45) is 0 Å². The molecule has 5 aromatic rings. The molecule has 1 aromatic heterocycles. The smallest absolute Gasteiger partial charge is 0.416 e. The molecule has 0 unspecified atom stereocenters. The molecule has 1 amide bonds. The number of hydrogen-bond acceptors (Lipinski definition) is 6. The molecule has 46 heavy (non-hydrogen) atoms. The Hall–Kier alpha value is -4.67. The summed E-state index contributed by atoms with van der Waals surface area (Å²) in [6, 6.07) is 31.4. The van der Waals surface area contributed by atoms with E-state index in [-0.39, 0.29) is 25.2 Å². The van der Waals surface area contributed by atoms with Crippen molar-refractivity contribution in [3.63, 3.8) is 0 Å². The molecular weight excluding hydrogens is 611 g/mol. The second-order valence-electron chi connectivity index (χ2n) is 11.1. The van der Waals surface area contributed by atoms with Crippen LogP contribution in [0, 0.1) is 0 Å². The molecule has 0 spiro atoms. The van der Waals surface area contributed by atoms with Gasteiger partial charge in [0.25, 0.3) is 5.91 Å². The van der Waals surface area contributed by atoms with Gasteiger partial charge in [0.2, 0.25) is 6.79 Å². The first kappa shape index (κ1) is 31.3. The standard InChI is InChI=1S/C36H32F3N3O3S/c37-36(38,39)29-13-7-8-25(18-29)20-42(21-26-14-15-32-33(19-26)45-24-44-32)22-34-41-31(23-46-34)35(43)40-17-16-30(27-9-3-1-4-10-27)28-11-5-2-6-12-28/h1-15,18-19,23,30H,16-17,20-22,24H2,(H,40,43). The van der Waals surface area contributed by atoms with Crippen LogP contribution in [0.25, 0.3) is 0 Å². The Morgan fingerprint density at radius 2 is 1.50 bits per heavy atom. The quantitative estimate of drug-likeness (QED) is 0.149. The van der Waals surface area contributed by atoms with Crippen molar-refractivity contribution in [3.8, 4) is 11.5 Å². The van der Waals surface area contributed by atoms with Gasteiger partial charge in [-0.3, -0.25) is 9.69 Å². The van der Waals surface area contributed by atoms with Crippen LogP contribution in [-0.4, -0.2) is 29.1 Å². The average molecular weight is 644 g/mol. The maximum absolute atomic E-state index is 13.4. The van der Waals surface area contributed by atoms with E-state index in [0.29, 0.717) is 47.4 Å². The van der Waals surface area contributed by atoms with Gasteiger partial charge in [-0.15, -0.1) is 11.3 Å². The average Bonchev–Trinajstić information content (AvgIpc) is 3.73. The first-order chi connectivity index (χ1) is 22.3. The van der Waals surface area contributed by atoms with E-state index in [9.17, 15) is 18.0 Å². The van der Waals surface area contributed by atoms with Gasteiger partial charge in [-0.05, 0) is 46.9 Å². The molecule has 0 saturated heterocycles. The molecule has 0 fully saturated rings. The van der Waals surface area contributed by atoms with Crippen molar-refractivity contribution < 1.29 is 27.4 Å². The van der Waals surface area contributed by atoms with Crippen LogP contribution in [0.2, 0.25) is 0 Å². The minimum Gasteiger partial charge on any atom is -0.454 e. The van der Waals surface area contributed by atoms with Gasteiger partial charge >= 0.3 is 6.18 Å². The van der Waals surface area contributed by atoms with Gasteiger partial charge in [0.15, 0.2) is 11.5 Å². The number of ether oxygens (including phenoxy) is 2. The number of halogens is 3. The van der Waals surface area contributed by atoms with Gasteiger partial charge in [0.05, 0.1) is 12.1 Å². The maximum Gasteiger partial charge on any atom is 0.416 e. The topological polar surface area (TPSA) is 63.7 Å². The van der Waals surface area contributed by atoms with E-state index >= 15 is 0 Å². The molecule has 1 aliphatic rings. The van der Waals surface area contributed by atoms with Crippen molar-refractivity contribution in [3.05, 3.63) is 147 Å². The number of thiazole rings is 1. The van der Waals surface area contributed by atoms with E-state index in [2.05, 4.69) is 34.6 Å². The van der Waals surface area contributed by atoms with Gasteiger partial charge in [0, 0.05) is 30.9 Å². The zero-order chi connectivity index (χ0) is 31.9. The van der Waals surface area contributed by atoms with E-state index < -0.39 is 11.7 Å². The lowest BCUT2D eigenvalue weighted by molar-refractivity contribution is -0.137.